The third-order valence-electron chi connectivity index (χ3n) is 4.26. The Morgan fingerprint density at radius 1 is 1.00 bits per heavy atom. The van der Waals surface area contributed by atoms with E-state index in [9.17, 15) is 9.90 Å². The van der Waals surface area contributed by atoms with Crippen molar-refractivity contribution in [2.45, 2.75) is 39.5 Å². The number of carbonyl (C=O) groups is 1. The highest BCUT2D eigenvalue weighted by molar-refractivity contribution is 6.30. The molecule has 0 aliphatic rings. The molecule has 2 aromatic carbocycles. The third kappa shape index (κ3) is 4.59. The number of hydrogen-bond acceptors (Lipinski definition) is 1. The molecule has 2 nitrogen and oxygen atoms in total. The van der Waals surface area contributed by atoms with Gasteiger partial charge in [0.2, 0.25) is 0 Å². The molecule has 0 aromatic heterocycles. The number of rotatable bonds is 6. The Morgan fingerprint density at radius 3 is 1.83 bits per heavy atom. The van der Waals surface area contributed by atoms with E-state index in [0.717, 1.165) is 11.1 Å². The van der Waals surface area contributed by atoms with Crippen molar-refractivity contribution < 1.29 is 9.90 Å². The molecule has 1 atom stereocenters. The second-order valence-corrected chi connectivity index (χ2v) is 7.18. The minimum atomic E-state index is -0.840. The molecule has 0 spiro atoms. The minimum Gasteiger partial charge on any atom is -0.481 e. The van der Waals surface area contributed by atoms with E-state index in [4.69, 9.17) is 11.6 Å². The number of carboxylic acid groups (broad SMARTS) is 1. The SMILES string of the molecule is CC(C)c1ccc(C[C@](C)(Cc2ccc(Cl)cc2)C(=O)O)cc1. The van der Waals surface area contributed by atoms with Gasteiger partial charge in [0.15, 0.2) is 0 Å². The summed E-state index contributed by atoms with van der Waals surface area (Å²) in [6, 6.07) is 15.6. The largest absolute Gasteiger partial charge is 0.481 e. The smallest absolute Gasteiger partial charge is 0.310 e. The van der Waals surface area contributed by atoms with Crippen molar-refractivity contribution in [3.8, 4) is 0 Å². The summed E-state index contributed by atoms with van der Waals surface area (Å²) in [4.78, 5) is 11.8. The fraction of sp³-hybridized carbons (Fsp3) is 0.350. The highest BCUT2D eigenvalue weighted by atomic mass is 35.5. The van der Waals surface area contributed by atoms with Crippen LogP contribution in [0.1, 0.15) is 43.4 Å². The lowest BCUT2D eigenvalue weighted by atomic mass is 9.78. The first-order chi connectivity index (χ1) is 10.8. The highest BCUT2D eigenvalue weighted by Gasteiger charge is 2.33. The van der Waals surface area contributed by atoms with E-state index >= 15 is 0 Å². The fourth-order valence-electron chi connectivity index (χ4n) is 2.74. The lowest BCUT2D eigenvalue weighted by Crippen LogP contribution is -2.32. The predicted molar refractivity (Wildman–Crippen MR) is 95.1 cm³/mol. The van der Waals surface area contributed by atoms with Gasteiger partial charge in [0.05, 0.1) is 5.41 Å². The molecule has 0 aliphatic heterocycles. The summed E-state index contributed by atoms with van der Waals surface area (Å²) in [6.45, 7) is 6.11. The van der Waals surface area contributed by atoms with Gasteiger partial charge in [0.25, 0.3) is 0 Å². The van der Waals surface area contributed by atoms with Crippen LogP contribution in [0, 0.1) is 5.41 Å². The standard InChI is InChI=1S/C20H23ClO2/c1-14(2)17-8-4-15(5-9-17)12-20(3,19(22)23)13-16-6-10-18(21)11-7-16/h4-11,14H,12-13H2,1-3H3,(H,22,23)/t20-/m1/s1. The van der Waals surface area contributed by atoms with E-state index in [2.05, 4.69) is 26.0 Å². The minimum absolute atomic E-state index is 0.476. The van der Waals surface area contributed by atoms with Crippen LogP contribution >= 0.6 is 11.6 Å². The second-order valence-electron chi connectivity index (χ2n) is 6.74. The Hall–Kier alpha value is -1.80. The van der Waals surface area contributed by atoms with Gasteiger partial charge in [-0.1, -0.05) is 61.8 Å². The molecule has 0 unspecified atom stereocenters. The van der Waals surface area contributed by atoms with Crippen LogP contribution in [0.2, 0.25) is 5.02 Å². The van der Waals surface area contributed by atoms with Crippen LogP contribution in [0.3, 0.4) is 0 Å². The van der Waals surface area contributed by atoms with Gasteiger partial charge in [-0.05, 0) is 54.5 Å². The van der Waals surface area contributed by atoms with Crippen molar-refractivity contribution in [1.82, 2.24) is 0 Å². The molecule has 1 N–H and O–H groups in total. The molecule has 0 heterocycles. The average Bonchev–Trinajstić information content (AvgIpc) is 2.50. The van der Waals surface area contributed by atoms with Crippen LogP contribution < -0.4 is 0 Å². The van der Waals surface area contributed by atoms with Crippen molar-refractivity contribution in [1.29, 1.82) is 0 Å². The van der Waals surface area contributed by atoms with Crippen LogP contribution in [-0.2, 0) is 17.6 Å². The molecule has 0 amide bonds. The Labute approximate surface area is 143 Å². The third-order valence-corrected chi connectivity index (χ3v) is 4.52. The summed E-state index contributed by atoms with van der Waals surface area (Å²) in [6.07, 6.45) is 0.981. The number of halogens is 1. The Morgan fingerprint density at radius 2 is 1.43 bits per heavy atom. The monoisotopic (exact) mass is 330 g/mol. The van der Waals surface area contributed by atoms with Gasteiger partial charge < -0.3 is 5.11 Å². The Balaban J connectivity index is 2.19. The Kier molecular flexibility index (Phi) is 5.48. The van der Waals surface area contributed by atoms with Gasteiger partial charge in [-0.3, -0.25) is 4.79 Å². The van der Waals surface area contributed by atoms with Crippen LogP contribution in [-0.4, -0.2) is 11.1 Å². The first-order valence-corrected chi connectivity index (χ1v) is 8.25. The summed E-state index contributed by atoms with van der Waals surface area (Å²) in [5.74, 6) is -0.302. The fourth-order valence-corrected chi connectivity index (χ4v) is 2.86. The lowest BCUT2D eigenvalue weighted by Gasteiger charge is -2.25. The van der Waals surface area contributed by atoms with Gasteiger partial charge in [-0.2, -0.15) is 0 Å². The first-order valence-electron chi connectivity index (χ1n) is 7.87. The number of aliphatic carboxylic acids is 1. The van der Waals surface area contributed by atoms with Crippen molar-refractivity contribution in [3.05, 3.63) is 70.2 Å². The zero-order valence-electron chi connectivity index (χ0n) is 13.8. The van der Waals surface area contributed by atoms with Crippen LogP contribution in [0.4, 0.5) is 0 Å². The topological polar surface area (TPSA) is 37.3 Å². The zero-order valence-corrected chi connectivity index (χ0v) is 14.6. The molecular weight excluding hydrogens is 308 g/mol. The molecule has 0 saturated heterocycles. The summed E-state index contributed by atoms with van der Waals surface area (Å²) in [5, 5.41) is 10.4. The molecule has 23 heavy (non-hydrogen) atoms. The van der Waals surface area contributed by atoms with Crippen molar-refractivity contribution in [3.63, 3.8) is 0 Å². The van der Waals surface area contributed by atoms with E-state index in [0.29, 0.717) is 23.8 Å². The quantitative estimate of drug-likeness (QED) is 0.776. The molecule has 0 saturated carbocycles. The second kappa shape index (κ2) is 7.18. The molecule has 0 aliphatic carbocycles. The normalized spacial score (nSPS) is 13.8. The van der Waals surface area contributed by atoms with Crippen LogP contribution in [0.15, 0.2) is 48.5 Å². The van der Waals surface area contributed by atoms with Gasteiger partial charge >= 0.3 is 5.97 Å². The summed E-state index contributed by atoms with van der Waals surface area (Å²) >= 11 is 5.90. The van der Waals surface area contributed by atoms with E-state index in [1.807, 2.05) is 24.3 Å². The summed E-state index contributed by atoms with van der Waals surface area (Å²) in [7, 11) is 0. The highest BCUT2D eigenvalue weighted by Crippen LogP contribution is 2.29. The molecule has 122 valence electrons. The maximum atomic E-state index is 11.8. The average molecular weight is 331 g/mol. The van der Waals surface area contributed by atoms with E-state index in [-0.39, 0.29) is 0 Å². The summed E-state index contributed by atoms with van der Waals surface area (Å²) in [5.41, 5.74) is 2.46. The first kappa shape index (κ1) is 17.6. The summed E-state index contributed by atoms with van der Waals surface area (Å²) < 4.78 is 0. The van der Waals surface area contributed by atoms with E-state index in [1.54, 1.807) is 19.1 Å². The molecular formula is C20H23ClO2. The van der Waals surface area contributed by atoms with Crippen LogP contribution in [0.5, 0.6) is 0 Å². The molecule has 2 rings (SSSR count). The van der Waals surface area contributed by atoms with Crippen molar-refractivity contribution in [2.24, 2.45) is 5.41 Å². The molecule has 3 heteroatoms. The zero-order chi connectivity index (χ0) is 17.0. The maximum absolute atomic E-state index is 11.8. The van der Waals surface area contributed by atoms with Crippen LogP contribution in [0.25, 0.3) is 0 Å². The number of benzene rings is 2. The molecule has 0 fully saturated rings. The predicted octanol–water partition coefficient (Wildman–Crippen LogP) is 5.34. The van der Waals surface area contributed by atoms with Gasteiger partial charge in [0, 0.05) is 5.02 Å². The number of carboxylic acids is 1. The van der Waals surface area contributed by atoms with E-state index < -0.39 is 11.4 Å². The molecule has 2 aromatic rings. The molecule has 0 radical (unpaired) electrons. The maximum Gasteiger partial charge on any atom is 0.310 e. The van der Waals surface area contributed by atoms with Gasteiger partial charge in [-0.25, -0.2) is 0 Å². The van der Waals surface area contributed by atoms with E-state index in [1.165, 1.54) is 5.56 Å². The van der Waals surface area contributed by atoms with Crippen molar-refractivity contribution in [2.75, 3.05) is 0 Å². The Bertz CT molecular complexity index is 659. The number of hydrogen-bond donors (Lipinski definition) is 1. The molecule has 0 bridgehead atoms. The van der Waals surface area contributed by atoms with Crippen molar-refractivity contribution >= 4 is 17.6 Å². The van der Waals surface area contributed by atoms with Gasteiger partial charge in [-0.15, -0.1) is 0 Å². The van der Waals surface area contributed by atoms with Gasteiger partial charge in [0.1, 0.15) is 0 Å². The lowest BCUT2D eigenvalue weighted by molar-refractivity contribution is -0.147.